The van der Waals surface area contributed by atoms with Gasteiger partial charge in [0.25, 0.3) is 0 Å². The van der Waals surface area contributed by atoms with Crippen molar-refractivity contribution in [3.63, 3.8) is 0 Å². The van der Waals surface area contributed by atoms with Gasteiger partial charge in [0.15, 0.2) is 0 Å². The van der Waals surface area contributed by atoms with Gasteiger partial charge in [-0.05, 0) is 37.4 Å². The molecule has 1 aromatic rings. The molecule has 0 saturated carbocycles. The van der Waals surface area contributed by atoms with E-state index in [4.69, 9.17) is 10.5 Å². The van der Waals surface area contributed by atoms with Crippen LogP contribution >= 0.6 is 0 Å². The Balaban J connectivity index is 1.86. The van der Waals surface area contributed by atoms with Crippen molar-refractivity contribution in [2.75, 3.05) is 6.54 Å². The minimum atomic E-state index is 0.388. The largest absolute Gasteiger partial charge is 0.490 e. The first-order valence-electron chi connectivity index (χ1n) is 5.35. The molecule has 0 saturated heterocycles. The number of hydrogen-bond acceptors (Lipinski definition) is 2. The molecule has 1 heterocycles. The summed E-state index contributed by atoms with van der Waals surface area (Å²) in [5.74, 6) is 1.07. The van der Waals surface area contributed by atoms with Crippen LogP contribution in [0.15, 0.2) is 24.3 Å². The van der Waals surface area contributed by atoms with Crippen LogP contribution in [-0.4, -0.2) is 12.6 Å². The Labute approximate surface area is 85.1 Å². The first-order chi connectivity index (χ1) is 6.90. The van der Waals surface area contributed by atoms with Gasteiger partial charge in [-0.2, -0.15) is 0 Å². The lowest BCUT2D eigenvalue weighted by Crippen LogP contribution is -2.13. The Morgan fingerprint density at radius 3 is 2.93 bits per heavy atom. The molecule has 1 unspecified atom stereocenters. The molecule has 2 N–H and O–H groups in total. The summed E-state index contributed by atoms with van der Waals surface area (Å²) in [4.78, 5) is 0. The summed E-state index contributed by atoms with van der Waals surface area (Å²) in [5, 5.41) is 0. The minimum absolute atomic E-state index is 0.388. The minimum Gasteiger partial charge on any atom is -0.490 e. The monoisotopic (exact) mass is 191 g/mol. The third-order valence-electron chi connectivity index (χ3n) is 2.69. The fourth-order valence-electron chi connectivity index (χ4n) is 1.93. The summed E-state index contributed by atoms with van der Waals surface area (Å²) >= 11 is 0. The number of hydrogen-bond donors (Lipinski definition) is 1. The fourth-order valence-corrected chi connectivity index (χ4v) is 1.93. The van der Waals surface area contributed by atoms with Crippen molar-refractivity contribution in [1.82, 2.24) is 0 Å². The summed E-state index contributed by atoms with van der Waals surface area (Å²) in [6, 6.07) is 8.31. The van der Waals surface area contributed by atoms with E-state index in [0.717, 1.165) is 31.6 Å². The average molecular weight is 191 g/mol. The van der Waals surface area contributed by atoms with Crippen LogP contribution < -0.4 is 10.5 Å². The van der Waals surface area contributed by atoms with E-state index in [2.05, 4.69) is 18.2 Å². The molecular formula is C12H17NO. The van der Waals surface area contributed by atoms with Gasteiger partial charge < -0.3 is 10.5 Å². The molecule has 1 aliphatic rings. The summed E-state index contributed by atoms with van der Waals surface area (Å²) in [6.07, 6.45) is 4.87. The molecule has 2 nitrogen and oxygen atoms in total. The van der Waals surface area contributed by atoms with Gasteiger partial charge in [0.2, 0.25) is 0 Å². The zero-order valence-electron chi connectivity index (χ0n) is 8.41. The molecule has 2 rings (SSSR count). The highest BCUT2D eigenvalue weighted by atomic mass is 16.5. The molecule has 2 heteroatoms. The molecule has 0 amide bonds. The fraction of sp³-hybridized carbons (Fsp3) is 0.500. The average Bonchev–Trinajstić information content (AvgIpc) is 2.60. The molecule has 0 aliphatic carbocycles. The second-order valence-electron chi connectivity index (χ2n) is 3.84. The van der Waals surface area contributed by atoms with Gasteiger partial charge in [-0.25, -0.2) is 0 Å². The Kier molecular flexibility index (Phi) is 3.04. The zero-order valence-corrected chi connectivity index (χ0v) is 8.41. The Morgan fingerprint density at radius 2 is 2.14 bits per heavy atom. The van der Waals surface area contributed by atoms with Crippen molar-refractivity contribution in [2.24, 2.45) is 5.73 Å². The Hall–Kier alpha value is -1.02. The number of para-hydroxylation sites is 1. The van der Waals surface area contributed by atoms with Crippen LogP contribution in [0.4, 0.5) is 0 Å². The van der Waals surface area contributed by atoms with Crippen molar-refractivity contribution in [2.45, 2.75) is 31.8 Å². The van der Waals surface area contributed by atoms with Crippen LogP contribution in [0.5, 0.6) is 5.75 Å². The molecule has 1 aromatic carbocycles. The maximum Gasteiger partial charge on any atom is 0.123 e. The van der Waals surface area contributed by atoms with E-state index in [1.54, 1.807) is 0 Å². The van der Waals surface area contributed by atoms with Gasteiger partial charge in [0.05, 0.1) is 0 Å². The molecule has 14 heavy (non-hydrogen) atoms. The first-order valence-corrected chi connectivity index (χ1v) is 5.35. The molecule has 0 spiro atoms. The highest BCUT2D eigenvalue weighted by Crippen LogP contribution is 2.29. The second-order valence-corrected chi connectivity index (χ2v) is 3.84. The number of fused-ring (bicyclic) bond motifs is 1. The number of rotatable bonds is 4. The van der Waals surface area contributed by atoms with Gasteiger partial charge >= 0.3 is 0 Å². The van der Waals surface area contributed by atoms with Gasteiger partial charge in [0, 0.05) is 6.42 Å². The zero-order chi connectivity index (χ0) is 9.80. The van der Waals surface area contributed by atoms with Gasteiger partial charge in [-0.15, -0.1) is 0 Å². The van der Waals surface area contributed by atoms with E-state index >= 15 is 0 Å². The van der Waals surface area contributed by atoms with Gasteiger partial charge in [-0.3, -0.25) is 0 Å². The molecule has 1 atom stereocenters. The predicted octanol–water partition coefficient (Wildman–Crippen LogP) is 2.12. The SMILES string of the molecule is NCCCCC1Cc2ccccc2O1. The molecule has 0 fully saturated rings. The second kappa shape index (κ2) is 4.47. The van der Waals surface area contributed by atoms with Crippen LogP contribution in [0.2, 0.25) is 0 Å². The van der Waals surface area contributed by atoms with E-state index < -0.39 is 0 Å². The van der Waals surface area contributed by atoms with Crippen molar-refractivity contribution < 1.29 is 4.74 Å². The molecule has 0 bridgehead atoms. The lowest BCUT2D eigenvalue weighted by Gasteiger charge is -2.09. The molecular weight excluding hydrogens is 174 g/mol. The van der Waals surface area contributed by atoms with E-state index in [9.17, 15) is 0 Å². The quantitative estimate of drug-likeness (QED) is 0.740. The number of unbranched alkanes of at least 4 members (excludes halogenated alkanes) is 1. The van der Waals surface area contributed by atoms with Gasteiger partial charge in [-0.1, -0.05) is 18.2 Å². The Bertz CT molecular complexity index is 273. The predicted molar refractivity (Wildman–Crippen MR) is 57.5 cm³/mol. The highest BCUT2D eigenvalue weighted by Gasteiger charge is 2.21. The summed E-state index contributed by atoms with van der Waals surface area (Å²) in [6.45, 7) is 0.791. The summed E-state index contributed by atoms with van der Waals surface area (Å²) in [7, 11) is 0. The molecule has 76 valence electrons. The number of benzene rings is 1. The molecule has 1 aliphatic heterocycles. The smallest absolute Gasteiger partial charge is 0.123 e. The summed E-state index contributed by atoms with van der Waals surface area (Å²) < 4.78 is 5.81. The summed E-state index contributed by atoms with van der Waals surface area (Å²) in [5.41, 5.74) is 6.81. The third-order valence-corrected chi connectivity index (χ3v) is 2.69. The van der Waals surface area contributed by atoms with Crippen molar-refractivity contribution in [3.8, 4) is 5.75 Å². The van der Waals surface area contributed by atoms with Crippen LogP contribution in [-0.2, 0) is 6.42 Å². The van der Waals surface area contributed by atoms with Crippen LogP contribution in [0.3, 0.4) is 0 Å². The van der Waals surface area contributed by atoms with E-state index in [0.29, 0.717) is 6.10 Å². The van der Waals surface area contributed by atoms with Gasteiger partial charge in [0.1, 0.15) is 11.9 Å². The van der Waals surface area contributed by atoms with Crippen LogP contribution in [0.25, 0.3) is 0 Å². The lowest BCUT2D eigenvalue weighted by atomic mass is 10.1. The van der Waals surface area contributed by atoms with E-state index in [1.807, 2.05) is 6.07 Å². The standard InChI is InChI=1S/C12H17NO/c13-8-4-3-6-11-9-10-5-1-2-7-12(10)14-11/h1-2,5,7,11H,3-4,6,8-9,13H2. The highest BCUT2D eigenvalue weighted by molar-refractivity contribution is 5.37. The topological polar surface area (TPSA) is 35.2 Å². The van der Waals surface area contributed by atoms with Crippen molar-refractivity contribution in [1.29, 1.82) is 0 Å². The van der Waals surface area contributed by atoms with Crippen molar-refractivity contribution >= 4 is 0 Å². The normalized spacial score (nSPS) is 19.1. The number of nitrogens with two attached hydrogens (primary N) is 1. The lowest BCUT2D eigenvalue weighted by molar-refractivity contribution is 0.217. The van der Waals surface area contributed by atoms with E-state index in [1.165, 1.54) is 12.0 Å². The first kappa shape index (κ1) is 9.53. The Morgan fingerprint density at radius 1 is 1.29 bits per heavy atom. The number of ether oxygens (including phenoxy) is 1. The maximum absolute atomic E-state index is 5.81. The maximum atomic E-state index is 5.81. The molecule has 0 aromatic heterocycles. The van der Waals surface area contributed by atoms with Crippen LogP contribution in [0, 0.1) is 0 Å². The molecule has 0 radical (unpaired) electrons. The van der Waals surface area contributed by atoms with Crippen LogP contribution in [0.1, 0.15) is 24.8 Å². The van der Waals surface area contributed by atoms with E-state index in [-0.39, 0.29) is 0 Å². The van der Waals surface area contributed by atoms with Crippen molar-refractivity contribution in [3.05, 3.63) is 29.8 Å². The third kappa shape index (κ3) is 2.07.